The maximum atomic E-state index is 12.3. The summed E-state index contributed by atoms with van der Waals surface area (Å²) in [5.41, 5.74) is -2.08. The molecule has 0 fully saturated rings. The molecule has 0 N–H and O–H groups in total. The van der Waals surface area contributed by atoms with Gasteiger partial charge in [0.1, 0.15) is 12.4 Å². The Kier molecular flexibility index (Phi) is 6.10. The van der Waals surface area contributed by atoms with E-state index < -0.39 is 38.9 Å². The lowest BCUT2D eigenvalue weighted by Gasteiger charge is -2.31. The molecule has 150 valence electrons. The molecule has 0 aliphatic carbocycles. The second-order valence-corrected chi connectivity index (χ2v) is 5.25. The zero-order valence-electron chi connectivity index (χ0n) is 15.0. The summed E-state index contributed by atoms with van der Waals surface area (Å²) in [6.45, 7) is -0.612. The quantitative estimate of drug-likeness (QED) is 0.381. The van der Waals surface area contributed by atoms with Crippen LogP contribution in [0.25, 0.3) is 0 Å². The number of methoxy groups -OCH3 is 3. The number of carbonyl (C=O) groups is 2. The van der Waals surface area contributed by atoms with Crippen molar-refractivity contribution in [1.82, 2.24) is 0 Å². The van der Waals surface area contributed by atoms with Gasteiger partial charge in [0.25, 0.3) is 5.75 Å². The molecule has 13 nitrogen and oxygen atoms in total. The lowest BCUT2D eigenvalue weighted by Crippen LogP contribution is -2.38. The highest BCUT2D eigenvalue weighted by Crippen LogP contribution is 2.42. The Morgan fingerprint density at radius 2 is 1.57 bits per heavy atom. The van der Waals surface area contributed by atoms with E-state index in [0.717, 1.165) is 38.4 Å². The third-order valence-corrected chi connectivity index (χ3v) is 3.78. The molecule has 0 unspecified atom stereocenters. The van der Waals surface area contributed by atoms with Gasteiger partial charge in [-0.05, 0) is 0 Å². The summed E-state index contributed by atoms with van der Waals surface area (Å²) in [7, 11) is 3.21. The summed E-state index contributed by atoms with van der Waals surface area (Å²) in [5, 5.41) is 22.7. The molecule has 0 amide bonds. The van der Waals surface area contributed by atoms with E-state index in [9.17, 15) is 29.8 Å². The van der Waals surface area contributed by atoms with Crippen LogP contribution in [0.4, 0.5) is 17.1 Å². The topological polar surface area (TPSA) is 161 Å². The van der Waals surface area contributed by atoms with Crippen molar-refractivity contribution >= 4 is 29.0 Å². The minimum absolute atomic E-state index is 0.152. The van der Waals surface area contributed by atoms with Crippen LogP contribution in [-0.4, -0.2) is 56.5 Å². The first-order chi connectivity index (χ1) is 13.3. The van der Waals surface area contributed by atoms with Crippen LogP contribution in [0.1, 0.15) is 0 Å². The van der Waals surface area contributed by atoms with Gasteiger partial charge < -0.3 is 23.8 Å². The number of nitrogens with zero attached hydrogens (tertiary/aromatic N) is 3. The Balaban J connectivity index is 2.77. The number of ether oxygens (including phenoxy) is 4. The zero-order valence-corrected chi connectivity index (χ0v) is 15.0. The van der Waals surface area contributed by atoms with Crippen molar-refractivity contribution in [3.05, 3.63) is 43.6 Å². The molecule has 0 atom stereocenters. The minimum atomic E-state index is -0.954. The molecule has 0 radical (unpaired) electrons. The van der Waals surface area contributed by atoms with Gasteiger partial charge in [0.05, 0.1) is 49.0 Å². The molecule has 1 aliphatic heterocycles. The normalized spacial score (nSPS) is 13.8. The molecule has 1 aromatic rings. The predicted octanol–water partition coefficient (Wildman–Crippen LogP) is 0.906. The van der Waals surface area contributed by atoms with Crippen molar-refractivity contribution in [1.29, 1.82) is 0 Å². The summed E-state index contributed by atoms with van der Waals surface area (Å²) in [6, 6.07) is 1.91. The number of rotatable bonds is 6. The number of nitro groups is 2. The Morgan fingerprint density at radius 1 is 1.04 bits per heavy atom. The summed E-state index contributed by atoms with van der Waals surface area (Å²) in [6.07, 6.45) is 0. The molecule has 0 spiro atoms. The SMILES string of the molecule is COC(=O)C1=C(C(=O)OC)N(c2cc([N+](=O)[O-])c(OC)c([N+](=O)[O-])c2)COC1. The Bertz CT molecular complexity index is 844. The van der Waals surface area contributed by atoms with Crippen molar-refractivity contribution < 1.29 is 38.4 Å². The van der Waals surface area contributed by atoms with Crippen molar-refractivity contribution in [2.45, 2.75) is 0 Å². The average Bonchev–Trinajstić information content (AvgIpc) is 2.70. The third kappa shape index (κ3) is 3.68. The van der Waals surface area contributed by atoms with E-state index in [0.29, 0.717) is 0 Å². The van der Waals surface area contributed by atoms with E-state index in [1.807, 2.05) is 0 Å². The molecule has 1 aliphatic rings. The summed E-state index contributed by atoms with van der Waals surface area (Å²) in [4.78, 5) is 46.3. The van der Waals surface area contributed by atoms with E-state index in [4.69, 9.17) is 9.47 Å². The summed E-state index contributed by atoms with van der Waals surface area (Å²) >= 11 is 0. The van der Waals surface area contributed by atoms with Gasteiger partial charge in [-0.1, -0.05) is 0 Å². The molecule has 2 rings (SSSR count). The number of anilines is 1. The highest BCUT2D eigenvalue weighted by atomic mass is 16.6. The standard InChI is InChI=1S/C15H15N3O10/c1-25-13-10(17(21)22)4-8(5-11(13)18(23)24)16-7-28-6-9(14(19)26-2)12(16)15(20)27-3/h4-5H,6-7H2,1-3H3. The molecule has 28 heavy (non-hydrogen) atoms. The maximum absolute atomic E-state index is 12.3. The zero-order chi connectivity index (χ0) is 21.0. The fraction of sp³-hybridized carbons (Fsp3) is 0.333. The van der Waals surface area contributed by atoms with Crippen LogP contribution >= 0.6 is 0 Å². The van der Waals surface area contributed by atoms with Gasteiger partial charge in [0, 0.05) is 12.1 Å². The third-order valence-electron chi connectivity index (χ3n) is 3.78. The number of hydrogen-bond acceptors (Lipinski definition) is 11. The highest BCUT2D eigenvalue weighted by molar-refractivity contribution is 6.03. The molecular formula is C15H15N3O10. The van der Waals surface area contributed by atoms with Gasteiger partial charge in [0.2, 0.25) is 0 Å². The first kappa shape index (κ1) is 20.6. The Labute approximate surface area is 157 Å². The van der Waals surface area contributed by atoms with E-state index in [2.05, 4.69) is 9.47 Å². The lowest BCUT2D eigenvalue weighted by molar-refractivity contribution is -0.395. The molecular weight excluding hydrogens is 382 g/mol. The predicted molar refractivity (Wildman–Crippen MR) is 90.7 cm³/mol. The van der Waals surface area contributed by atoms with Crippen molar-refractivity contribution in [2.75, 3.05) is 39.6 Å². The minimum Gasteiger partial charge on any atom is -0.485 e. The van der Waals surface area contributed by atoms with Crippen LogP contribution in [-0.2, 0) is 23.8 Å². The largest absolute Gasteiger partial charge is 0.485 e. The molecule has 13 heteroatoms. The van der Waals surface area contributed by atoms with E-state index in [-0.39, 0.29) is 30.3 Å². The lowest BCUT2D eigenvalue weighted by atomic mass is 10.1. The van der Waals surface area contributed by atoms with Gasteiger partial charge in [-0.2, -0.15) is 0 Å². The van der Waals surface area contributed by atoms with E-state index in [1.165, 1.54) is 0 Å². The van der Waals surface area contributed by atoms with Gasteiger partial charge in [-0.15, -0.1) is 0 Å². The number of carbonyl (C=O) groups excluding carboxylic acids is 2. The number of benzene rings is 1. The Hall–Kier alpha value is -3.74. The molecule has 0 bridgehead atoms. The number of esters is 2. The number of hydrogen-bond donors (Lipinski definition) is 0. The first-order valence-electron chi connectivity index (χ1n) is 7.52. The molecule has 1 heterocycles. The average molecular weight is 397 g/mol. The maximum Gasteiger partial charge on any atom is 0.355 e. The van der Waals surface area contributed by atoms with Gasteiger partial charge in [-0.25, -0.2) is 9.59 Å². The van der Waals surface area contributed by atoms with Crippen LogP contribution in [0.3, 0.4) is 0 Å². The number of nitro benzene ring substituents is 2. The Morgan fingerprint density at radius 3 is 2.00 bits per heavy atom. The van der Waals surface area contributed by atoms with E-state index >= 15 is 0 Å². The summed E-state index contributed by atoms with van der Waals surface area (Å²) < 4.78 is 19.3. The smallest absolute Gasteiger partial charge is 0.355 e. The molecule has 1 aromatic carbocycles. The van der Waals surface area contributed by atoms with Crippen molar-refractivity contribution in [3.63, 3.8) is 0 Å². The second kappa shape index (κ2) is 8.30. The summed E-state index contributed by atoms with van der Waals surface area (Å²) in [5.74, 6) is -2.40. The molecule has 0 aromatic heterocycles. The van der Waals surface area contributed by atoms with Crippen molar-refractivity contribution in [2.24, 2.45) is 0 Å². The second-order valence-electron chi connectivity index (χ2n) is 5.25. The van der Waals surface area contributed by atoms with Crippen LogP contribution in [0, 0.1) is 20.2 Å². The van der Waals surface area contributed by atoms with Crippen LogP contribution in [0.15, 0.2) is 23.4 Å². The fourth-order valence-electron chi connectivity index (χ4n) is 2.57. The van der Waals surface area contributed by atoms with Gasteiger partial charge in [0.15, 0.2) is 0 Å². The highest BCUT2D eigenvalue weighted by Gasteiger charge is 2.36. The fourth-order valence-corrected chi connectivity index (χ4v) is 2.57. The van der Waals surface area contributed by atoms with E-state index in [1.54, 1.807) is 0 Å². The first-order valence-corrected chi connectivity index (χ1v) is 7.52. The van der Waals surface area contributed by atoms with Gasteiger partial charge >= 0.3 is 23.3 Å². The molecule has 0 saturated heterocycles. The van der Waals surface area contributed by atoms with Crippen LogP contribution in [0.2, 0.25) is 0 Å². The monoisotopic (exact) mass is 397 g/mol. The van der Waals surface area contributed by atoms with Crippen LogP contribution < -0.4 is 9.64 Å². The molecule has 0 saturated carbocycles. The van der Waals surface area contributed by atoms with Crippen LogP contribution in [0.5, 0.6) is 5.75 Å². The van der Waals surface area contributed by atoms with Gasteiger partial charge in [-0.3, -0.25) is 20.2 Å². The van der Waals surface area contributed by atoms with Crippen molar-refractivity contribution in [3.8, 4) is 5.75 Å².